The maximum Gasteiger partial charge on any atom is 0.124 e. The van der Waals surface area contributed by atoms with Crippen LogP contribution in [0.1, 0.15) is 17.2 Å². The lowest BCUT2D eigenvalue weighted by Crippen LogP contribution is -2.29. The van der Waals surface area contributed by atoms with Gasteiger partial charge in [0.15, 0.2) is 0 Å². The average Bonchev–Trinajstić information content (AvgIpc) is 2.38. The van der Waals surface area contributed by atoms with Crippen molar-refractivity contribution in [1.82, 2.24) is 5.43 Å². The van der Waals surface area contributed by atoms with E-state index < -0.39 is 0 Å². The third kappa shape index (κ3) is 4.02. The van der Waals surface area contributed by atoms with Gasteiger partial charge in [-0.3, -0.25) is 11.3 Å². The Morgan fingerprint density at radius 1 is 1.15 bits per heavy atom. The monoisotopic (exact) mass is 420 g/mol. The molecular weight excluding hydrogens is 410 g/mol. The van der Waals surface area contributed by atoms with Crippen molar-refractivity contribution in [1.29, 1.82) is 0 Å². The molecule has 0 aromatic heterocycles. The lowest BCUT2D eigenvalue weighted by Gasteiger charge is -2.18. The van der Waals surface area contributed by atoms with E-state index >= 15 is 0 Å². The molecule has 106 valence electrons. The first-order chi connectivity index (χ1) is 9.49. The summed E-state index contributed by atoms with van der Waals surface area (Å²) in [7, 11) is 0. The van der Waals surface area contributed by atoms with Crippen molar-refractivity contribution < 1.29 is 4.39 Å². The molecule has 0 aliphatic carbocycles. The van der Waals surface area contributed by atoms with E-state index in [2.05, 4.69) is 37.3 Å². The van der Waals surface area contributed by atoms with Gasteiger partial charge in [-0.2, -0.15) is 0 Å². The van der Waals surface area contributed by atoms with Gasteiger partial charge in [0.2, 0.25) is 0 Å². The van der Waals surface area contributed by atoms with E-state index in [1.54, 1.807) is 6.07 Å². The summed E-state index contributed by atoms with van der Waals surface area (Å²) in [4.78, 5) is 0. The Balaban J connectivity index is 2.31. The van der Waals surface area contributed by atoms with E-state index in [4.69, 9.17) is 17.4 Å². The summed E-state index contributed by atoms with van der Waals surface area (Å²) in [5.74, 6) is 5.33. The van der Waals surface area contributed by atoms with Crippen LogP contribution < -0.4 is 11.3 Å². The van der Waals surface area contributed by atoms with Crippen molar-refractivity contribution >= 4 is 43.5 Å². The van der Waals surface area contributed by atoms with E-state index in [9.17, 15) is 4.39 Å². The van der Waals surface area contributed by atoms with Crippen molar-refractivity contribution in [2.24, 2.45) is 5.84 Å². The molecule has 0 spiro atoms. The molecule has 20 heavy (non-hydrogen) atoms. The number of hydrogen-bond donors (Lipinski definition) is 2. The summed E-state index contributed by atoms with van der Waals surface area (Å²) in [6.07, 6.45) is 0.531. The fourth-order valence-corrected chi connectivity index (χ4v) is 3.15. The molecule has 0 radical (unpaired) electrons. The zero-order valence-corrected chi connectivity index (χ0v) is 14.3. The molecule has 0 fully saturated rings. The Hall–Kier alpha value is -0.460. The standard InChI is InChI=1S/C14H12Br2ClFN2/c15-9-1-2-13(17)12(7-9)14(20-19)5-8-3-10(16)6-11(18)4-8/h1-4,6-7,14,20H,5,19H2. The van der Waals surface area contributed by atoms with E-state index in [1.165, 1.54) is 12.1 Å². The molecule has 6 heteroatoms. The minimum absolute atomic E-state index is 0.200. The summed E-state index contributed by atoms with van der Waals surface area (Å²) < 4.78 is 15.0. The predicted molar refractivity (Wildman–Crippen MR) is 87.0 cm³/mol. The lowest BCUT2D eigenvalue weighted by atomic mass is 9.99. The van der Waals surface area contributed by atoms with Crippen LogP contribution in [0.15, 0.2) is 45.3 Å². The lowest BCUT2D eigenvalue weighted by molar-refractivity contribution is 0.548. The quantitative estimate of drug-likeness (QED) is 0.551. The van der Waals surface area contributed by atoms with Crippen molar-refractivity contribution in [2.45, 2.75) is 12.5 Å². The number of benzene rings is 2. The second-order valence-corrected chi connectivity index (χ2v) is 6.61. The minimum atomic E-state index is -0.287. The van der Waals surface area contributed by atoms with E-state index in [0.29, 0.717) is 15.9 Å². The molecule has 0 amide bonds. The summed E-state index contributed by atoms with van der Waals surface area (Å²) in [6.45, 7) is 0. The SMILES string of the molecule is NNC(Cc1cc(F)cc(Br)c1)c1cc(Br)ccc1Cl. The van der Waals surface area contributed by atoms with Crippen LogP contribution in [0, 0.1) is 5.82 Å². The average molecular weight is 423 g/mol. The molecule has 0 bridgehead atoms. The number of halogens is 4. The van der Waals surface area contributed by atoms with Gasteiger partial charge in [-0.25, -0.2) is 4.39 Å². The summed E-state index contributed by atoms with van der Waals surface area (Å²) in [6, 6.07) is 10.1. The molecule has 2 nitrogen and oxygen atoms in total. The van der Waals surface area contributed by atoms with Gasteiger partial charge >= 0.3 is 0 Å². The van der Waals surface area contributed by atoms with Crippen molar-refractivity contribution in [3.8, 4) is 0 Å². The predicted octanol–water partition coefficient (Wildman–Crippen LogP) is 4.75. The van der Waals surface area contributed by atoms with Gasteiger partial charge in [0.1, 0.15) is 5.82 Å². The molecule has 0 saturated carbocycles. The zero-order chi connectivity index (χ0) is 14.7. The Morgan fingerprint density at radius 2 is 1.90 bits per heavy atom. The van der Waals surface area contributed by atoms with Crippen LogP contribution in [0.25, 0.3) is 0 Å². The molecule has 2 rings (SSSR count). The van der Waals surface area contributed by atoms with E-state index in [0.717, 1.165) is 15.6 Å². The highest BCUT2D eigenvalue weighted by Crippen LogP contribution is 2.29. The summed E-state index contributed by atoms with van der Waals surface area (Å²) in [5.41, 5.74) is 4.43. The van der Waals surface area contributed by atoms with Crippen LogP contribution in [0.4, 0.5) is 4.39 Å². The molecule has 2 aromatic rings. The minimum Gasteiger partial charge on any atom is -0.271 e. The van der Waals surface area contributed by atoms with Crippen LogP contribution in [0.5, 0.6) is 0 Å². The molecule has 1 atom stereocenters. The molecule has 0 aliphatic rings. The third-order valence-corrected chi connectivity index (χ3v) is 4.19. The Morgan fingerprint density at radius 3 is 2.55 bits per heavy atom. The Labute approximate surface area is 138 Å². The van der Waals surface area contributed by atoms with Crippen molar-refractivity contribution in [3.05, 3.63) is 67.3 Å². The molecule has 2 aromatic carbocycles. The molecule has 0 aliphatic heterocycles. The Kier molecular flexibility index (Phi) is 5.57. The molecule has 0 heterocycles. The molecule has 0 saturated heterocycles. The van der Waals surface area contributed by atoms with Crippen LogP contribution in [-0.4, -0.2) is 0 Å². The maximum absolute atomic E-state index is 13.4. The first-order valence-electron chi connectivity index (χ1n) is 5.85. The van der Waals surface area contributed by atoms with Gasteiger partial charge < -0.3 is 0 Å². The van der Waals surface area contributed by atoms with Gasteiger partial charge in [0.25, 0.3) is 0 Å². The van der Waals surface area contributed by atoms with Gasteiger partial charge in [-0.05, 0) is 53.9 Å². The number of hydrazine groups is 1. The Bertz CT molecular complexity index is 602. The number of nitrogens with two attached hydrogens (primary N) is 1. The van der Waals surface area contributed by atoms with Gasteiger partial charge in [-0.15, -0.1) is 0 Å². The van der Waals surface area contributed by atoms with Crippen LogP contribution in [-0.2, 0) is 6.42 Å². The number of hydrogen-bond acceptors (Lipinski definition) is 2. The second-order valence-electron chi connectivity index (χ2n) is 4.37. The van der Waals surface area contributed by atoms with Crippen LogP contribution in [0.3, 0.4) is 0 Å². The van der Waals surface area contributed by atoms with E-state index in [1.807, 2.05) is 18.2 Å². The van der Waals surface area contributed by atoms with E-state index in [-0.39, 0.29) is 11.9 Å². The third-order valence-electron chi connectivity index (χ3n) is 2.90. The largest absolute Gasteiger partial charge is 0.271 e. The number of rotatable bonds is 4. The highest BCUT2D eigenvalue weighted by atomic mass is 79.9. The molecule has 1 unspecified atom stereocenters. The van der Waals surface area contributed by atoms with Crippen LogP contribution >= 0.6 is 43.5 Å². The van der Waals surface area contributed by atoms with Crippen molar-refractivity contribution in [2.75, 3.05) is 0 Å². The smallest absolute Gasteiger partial charge is 0.124 e. The highest BCUT2D eigenvalue weighted by Gasteiger charge is 2.15. The topological polar surface area (TPSA) is 38.0 Å². The van der Waals surface area contributed by atoms with Crippen LogP contribution in [0.2, 0.25) is 5.02 Å². The fraction of sp³-hybridized carbons (Fsp3) is 0.143. The first kappa shape index (κ1) is 15.9. The van der Waals surface area contributed by atoms with Gasteiger partial charge in [-0.1, -0.05) is 43.5 Å². The second kappa shape index (κ2) is 7.00. The van der Waals surface area contributed by atoms with Gasteiger partial charge in [0, 0.05) is 14.0 Å². The summed E-state index contributed by atoms with van der Waals surface area (Å²) >= 11 is 12.9. The zero-order valence-electron chi connectivity index (χ0n) is 10.3. The van der Waals surface area contributed by atoms with Gasteiger partial charge in [0.05, 0.1) is 6.04 Å². The number of nitrogens with one attached hydrogen (secondary N) is 1. The molecular formula is C14H12Br2ClFN2. The maximum atomic E-state index is 13.4. The molecule has 3 N–H and O–H groups in total. The fourth-order valence-electron chi connectivity index (χ4n) is 2.00. The van der Waals surface area contributed by atoms with Crippen molar-refractivity contribution in [3.63, 3.8) is 0 Å². The summed E-state index contributed by atoms with van der Waals surface area (Å²) in [5, 5.41) is 0.617. The first-order valence-corrected chi connectivity index (χ1v) is 7.82. The normalized spacial score (nSPS) is 12.4. The highest BCUT2D eigenvalue weighted by molar-refractivity contribution is 9.10.